The van der Waals surface area contributed by atoms with E-state index in [1.807, 2.05) is 0 Å². The highest BCUT2D eigenvalue weighted by Crippen LogP contribution is 2.28. The summed E-state index contributed by atoms with van der Waals surface area (Å²) in [5.74, 6) is 0.0954. The van der Waals surface area contributed by atoms with Crippen LogP contribution in [0.5, 0.6) is 0 Å². The molecular formula is C13H18BrN3O2S. The van der Waals surface area contributed by atoms with Crippen molar-refractivity contribution in [2.45, 2.75) is 30.2 Å². The molecule has 1 saturated heterocycles. The van der Waals surface area contributed by atoms with Crippen LogP contribution in [0.1, 0.15) is 30.9 Å². The fourth-order valence-electron chi connectivity index (χ4n) is 2.60. The Balaban J connectivity index is 2.34. The molecule has 3 N–H and O–H groups in total. The number of hydrogen-bond donors (Lipinski definition) is 3. The van der Waals surface area contributed by atoms with E-state index >= 15 is 0 Å². The van der Waals surface area contributed by atoms with Crippen LogP contribution in [-0.4, -0.2) is 32.2 Å². The van der Waals surface area contributed by atoms with E-state index < -0.39 is 10.7 Å². The minimum absolute atomic E-state index is 0.0954. The monoisotopic (exact) mass is 359 g/mol. The molecule has 1 aromatic carbocycles. The minimum atomic E-state index is -2.62. The van der Waals surface area contributed by atoms with Gasteiger partial charge in [0, 0.05) is 4.47 Å². The molecule has 20 heavy (non-hydrogen) atoms. The average Bonchev–Trinajstić information content (AvgIpc) is 2.39. The van der Waals surface area contributed by atoms with Crippen LogP contribution in [-0.2, 0) is 10.7 Å². The molecule has 0 radical (unpaired) electrons. The molecule has 7 heteroatoms. The van der Waals surface area contributed by atoms with Crippen LogP contribution < -0.4 is 5.73 Å². The van der Waals surface area contributed by atoms with Gasteiger partial charge in [-0.1, -0.05) is 12.5 Å². The molecule has 1 atom stereocenters. The minimum Gasteiger partial charge on any atom is -0.386 e. The van der Waals surface area contributed by atoms with E-state index in [1.54, 1.807) is 18.2 Å². The molecule has 0 aliphatic carbocycles. The normalized spacial score (nSPS) is 18.1. The van der Waals surface area contributed by atoms with Gasteiger partial charge in [0.2, 0.25) is 0 Å². The van der Waals surface area contributed by atoms with Gasteiger partial charge >= 0.3 is 0 Å². The third-order valence-corrected chi connectivity index (χ3v) is 5.28. The highest BCUT2D eigenvalue weighted by atomic mass is 79.9. The Morgan fingerprint density at radius 3 is 2.45 bits per heavy atom. The van der Waals surface area contributed by atoms with Crippen molar-refractivity contribution in [1.29, 1.82) is 5.41 Å². The molecule has 1 heterocycles. The number of nitrogens with one attached hydrogen (secondary N) is 1. The summed E-state index contributed by atoms with van der Waals surface area (Å²) in [4.78, 5) is 2.44. The molecule has 0 amide bonds. The number of hydrogen-bond acceptors (Lipinski definition) is 4. The molecule has 0 aromatic heterocycles. The van der Waals surface area contributed by atoms with E-state index in [1.165, 1.54) is 6.42 Å². The molecular weight excluding hydrogens is 342 g/mol. The average molecular weight is 360 g/mol. The van der Waals surface area contributed by atoms with Crippen molar-refractivity contribution in [2.75, 3.05) is 13.1 Å². The molecule has 1 aliphatic heterocycles. The first-order valence-electron chi connectivity index (χ1n) is 6.52. The highest BCUT2D eigenvalue weighted by molar-refractivity contribution is 9.10. The molecule has 1 aromatic rings. The van der Waals surface area contributed by atoms with Gasteiger partial charge in [-0.25, -0.2) is 8.42 Å². The zero-order valence-electron chi connectivity index (χ0n) is 11.0. The van der Waals surface area contributed by atoms with E-state index in [0.29, 0.717) is 4.47 Å². The lowest BCUT2D eigenvalue weighted by atomic mass is 10.0. The largest absolute Gasteiger partial charge is 0.386 e. The first-order valence-corrected chi connectivity index (χ1v) is 8.49. The topological polar surface area (TPSA) is 87.2 Å². The molecule has 0 spiro atoms. The number of rotatable bonds is 4. The van der Waals surface area contributed by atoms with E-state index in [4.69, 9.17) is 11.1 Å². The second-order valence-corrected chi connectivity index (χ2v) is 6.77. The fourth-order valence-corrected chi connectivity index (χ4v) is 3.87. The molecule has 2 rings (SSSR count). The molecule has 1 unspecified atom stereocenters. The quantitative estimate of drug-likeness (QED) is 0.435. The van der Waals surface area contributed by atoms with Crippen LogP contribution in [0.2, 0.25) is 0 Å². The standard InChI is InChI=1S/C13H18BrN3O2S/c14-10-8-9(4-5-11(10)20(18)19)12(13(15)16)17-6-2-1-3-7-17/h4-5,8,12,20H,1-3,6-7H2,(H3,15,16). The first kappa shape index (κ1) is 15.5. The predicted octanol–water partition coefficient (Wildman–Crippen LogP) is 1.88. The van der Waals surface area contributed by atoms with Gasteiger partial charge < -0.3 is 5.73 Å². The van der Waals surface area contributed by atoms with Crippen LogP contribution in [0.15, 0.2) is 27.6 Å². The molecule has 110 valence electrons. The number of likely N-dealkylation sites (tertiary alicyclic amines) is 1. The van der Waals surface area contributed by atoms with E-state index in [9.17, 15) is 8.42 Å². The van der Waals surface area contributed by atoms with Gasteiger partial charge in [-0.05, 0) is 59.6 Å². The number of benzene rings is 1. The number of piperidine rings is 1. The number of halogens is 1. The first-order chi connectivity index (χ1) is 9.50. The smallest absolute Gasteiger partial charge is 0.169 e. The Morgan fingerprint density at radius 1 is 1.30 bits per heavy atom. The van der Waals surface area contributed by atoms with Gasteiger partial charge in [-0.15, -0.1) is 0 Å². The van der Waals surface area contributed by atoms with Crippen molar-refractivity contribution < 1.29 is 8.42 Å². The maximum Gasteiger partial charge on any atom is 0.169 e. The lowest BCUT2D eigenvalue weighted by Crippen LogP contribution is -2.40. The van der Waals surface area contributed by atoms with Gasteiger partial charge in [0.25, 0.3) is 0 Å². The third kappa shape index (κ3) is 3.39. The third-order valence-electron chi connectivity index (χ3n) is 3.53. The van der Waals surface area contributed by atoms with Crippen molar-refractivity contribution in [3.05, 3.63) is 28.2 Å². The fraction of sp³-hybridized carbons (Fsp3) is 0.462. The van der Waals surface area contributed by atoms with Crippen molar-refractivity contribution in [3.63, 3.8) is 0 Å². The van der Waals surface area contributed by atoms with Crippen molar-refractivity contribution in [1.82, 2.24) is 4.90 Å². The van der Waals surface area contributed by atoms with Gasteiger partial charge in [0.15, 0.2) is 10.7 Å². The predicted molar refractivity (Wildman–Crippen MR) is 82.8 cm³/mol. The van der Waals surface area contributed by atoms with Gasteiger partial charge in [0.05, 0.1) is 10.9 Å². The zero-order chi connectivity index (χ0) is 14.7. The van der Waals surface area contributed by atoms with Crippen LogP contribution >= 0.6 is 15.9 Å². The molecule has 1 fully saturated rings. The van der Waals surface area contributed by atoms with Crippen LogP contribution in [0, 0.1) is 5.41 Å². The Morgan fingerprint density at radius 2 is 1.95 bits per heavy atom. The highest BCUT2D eigenvalue weighted by Gasteiger charge is 2.25. The summed E-state index contributed by atoms with van der Waals surface area (Å²) in [5, 5.41) is 7.84. The van der Waals surface area contributed by atoms with Crippen LogP contribution in [0.3, 0.4) is 0 Å². The zero-order valence-corrected chi connectivity index (χ0v) is 13.5. The van der Waals surface area contributed by atoms with Crippen molar-refractivity contribution in [3.8, 4) is 0 Å². The summed E-state index contributed by atoms with van der Waals surface area (Å²) in [6.07, 6.45) is 3.42. The number of nitrogens with two attached hydrogens (primary N) is 1. The number of thiol groups is 1. The lowest BCUT2D eigenvalue weighted by Gasteiger charge is -2.34. The lowest BCUT2D eigenvalue weighted by molar-refractivity contribution is 0.201. The molecule has 1 aliphatic rings. The Hall–Kier alpha value is -0.920. The molecule has 5 nitrogen and oxygen atoms in total. The maximum absolute atomic E-state index is 11.1. The van der Waals surface area contributed by atoms with Gasteiger partial charge in [-0.3, -0.25) is 10.3 Å². The summed E-state index contributed by atoms with van der Waals surface area (Å²) < 4.78 is 22.7. The number of amidine groups is 1. The Labute approximate surface area is 128 Å². The van der Waals surface area contributed by atoms with Crippen LogP contribution in [0.4, 0.5) is 0 Å². The van der Waals surface area contributed by atoms with Gasteiger partial charge in [0.1, 0.15) is 5.84 Å². The Bertz CT molecular complexity index is 575. The second-order valence-electron chi connectivity index (χ2n) is 4.92. The van der Waals surface area contributed by atoms with Gasteiger partial charge in [-0.2, -0.15) is 0 Å². The van der Waals surface area contributed by atoms with E-state index in [-0.39, 0.29) is 16.8 Å². The summed E-state index contributed by atoms with van der Waals surface area (Å²) in [7, 11) is -2.62. The van der Waals surface area contributed by atoms with E-state index in [2.05, 4.69) is 20.8 Å². The summed E-state index contributed by atoms with van der Waals surface area (Å²) in [6.45, 7) is 1.83. The number of nitrogens with zero attached hydrogens (tertiary/aromatic N) is 1. The summed E-state index contributed by atoms with van der Waals surface area (Å²) >= 11 is 3.28. The SMILES string of the molecule is N=C(N)C(c1ccc([SH](=O)=O)c(Br)c1)N1CCCCC1. The van der Waals surface area contributed by atoms with Crippen LogP contribution in [0.25, 0.3) is 0 Å². The maximum atomic E-state index is 11.1. The van der Waals surface area contributed by atoms with Crippen molar-refractivity contribution in [2.24, 2.45) is 5.73 Å². The second kappa shape index (κ2) is 6.69. The van der Waals surface area contributed by atoms with E-state index in [0.717, 1.165) is 31.5 Å². The molecule has 0 bridgehead atoms. The molecule has 0 saturated carbocycles. The summed E-state index contributed by atoms with van der Waals surface area (Å²) in [6, 6.07) is 4.78. The Kier molecular flexibility index (Phi) is 5.17. The van der Waals surface area contributed by atoms with Crippen molar-refractivity contribution >= 4 is 32.5 Å². The summed E-state index contributed by atoms with van der Waals surface area (Å²) in [5.41, 5.74) is 6.61.